The van der Waals surface area contributed by atoms with Crippen LogP contribution in [0.5, 0.6) is 0 Å². The molecule has 2 unspecified atom stereocenters. The lowest BCUT2D eigenvalue weighted by atomic mass is 9.72. The number of amides is 1. The van der Waals surface area contributed by atoms with Crippen LogP contribution < -0.4 is 5.32 Å². The third-order valence-electron chi connectivity index (χ3n) is 4.07. The van der Waals surface area contributed by atoms with Gasteiger partial charge >= 0.3 is 0 Å². The van der Waals surface area contributed by atoms with Crippen molar-refractivity contribution < 1.29 is 4.79 Å². The summed E-state index contributed by atoms with van der Waals surface area (Å²) in [6.07, 6.45) is 7.79. The summed E-state index contributed by atoms with van der Waals surface area (Å²) >= 11 is 6.23. The van der Waals surface area contributed by atoms with Crippen LogP contribution in [0.2, 0.25) is 0 Å². The number of carbonyl (C=O) groups is 1. The molecule has 0 aromatic carbocycles. The molecule has 0 spiro atoms. The van der Waals surface area contributed by atoms with E-state index in [1.165, 1.54) is 5.57 Å². The molecule has 3 heteroatoms. The number of carbonyl (C=O) groups excluding carboxylic acids is 1. The summed E-state index contributed by atoms with van der Waals surface area (Å²) in [4.78, 5) is 12.3. The van der Waals surface area contributed by atoms with Gasteiger partial charge in [-0.05, 0) is 55.9 Å². The average molecular weight is 280 g/mol. The van der Waals surface area contributed by atoms with E-state index in [1.807, 2.05) is 19.1 Å². The third-order valence-corrected chi connectivity index (χ3v) is 4.31. The van der Waals surface area contributed by atoms with E-state index < -0.39 is 0 Å². The van der Waals surface area contributed by atoms with Crippen LogP contribution in [0, 0.1) is 11.8 Å². The van der Waals surface area contributed by atoms with E-state index >= 15 is 0 Å². The molecule has 1 heterocycles. The van der Waals surface area contributed by atoms with Gasteiger partial charge in [0.2, 0.25) is 5.91 Å². The predicted octanol–water partition coefficient (Wildman–Crippen LogP) is 3.94. The highest BCUT2D eigenvalue weighted by molar-refractivity contribution is 6.31. The first-order valence-corrected chi connectivity index (χ1v) is 7.35. The zero-order valence-electron chi connectivity index (χ0n) is 12.1. The Bertz CT molecular complexity index is 485. The molecule has 0 radical (unpaired) electrons. The first kappa shape index (κ1) is 14.4. The molecule has 1 aliphatic carbocycles. The monoisotopic (exact) mass is 279 g/mol. The van der Waals surface area contributed by atoms with Crippen molar-refractivity contribution in [3.63, 3.8) is 0 Å². The van der Waals surface area contributed by atoms with Crippen molar-refractivity contribution in [2.75, 3.05) is 0 Å². The molecule has 1 aliphatic heterocycles. The van der Waals surface area contributed by atoms with E-state index in [1.54, 1.807) is 0 Å². The fourth-order valence-electron chi connectivity index (χ4n) is 3.34. The van der Waals surface area contributed by atoms with Crippen molar-refractivity contribution in [1.82, 2.24) is 5.32 Å². The lowest BCUT2D eigenvalue weighted by Crippen LogP contribution is -2.53. The Morgan fingerprint density at radius 3 is 2.79 bits per heavy atom. The highest BCUT2D eigenvalue weighted by Gasteiger charge is 2.40. The Labute approximate surface area is 120 Å². The lowest BCUT2D eigenvalue weighted by molar-refractivity contribution is -0.126. The molecule has 1 N–H and O–H groups in total. The molecule has 0 fully saturated rings. The fraction of sp³-hybridized carbons (Fsp3) is 0.562. The number of halogens is 1. The van der Waals surface area contributed by atoms with E-state index in [-0.39, 0.29) is 17.4 Å². The minimum Gasteiger partial charge on any atom is -0.347 e. The third kappa shape index (κ3) is 2.64. The molecule has 0 saturated carbocycles. The van der Waals surface area contributed by atoms with Crippen LogP contribution in [0.1, 0.15) is 40.5 Å². The van der Waals surface area contributed by atoms with Gasteiger partial charge in [-0.2, -0.15) is 0 Å². The normalized spacial score (nSPS) is 34.6. The van der Waals surface area contributed by atoms with Crippen LogP contribution in [0.3, 0.4) is 0 Å². The first-order valence-electron chi connectivity index (χ1n) is 6.97. The van der Waals surface area contributed by atoms with Gasteiger partial charge in [0.05, 0.1) is 11.5 Å². The van der Waals surface area contributed by atoms with Crippen LogP contribution in [-0.2, 0) is 4.79 Å². The summed E-state index contributed by atoms with van der Waals surface area (Å²) in [5, 5.41) is 3.87. The van der Waals surface area contributed by atoms with Crippen molar-refractivity contribution in [1.29, 1.82) is 0 Å². The Balaban J connectivity index is 2.65. The van der Waals surface area contributed by atoms with Crippen molar-refractivity contribution in [2.45, 2.75) is 46.1 Å². The molecular weight excluding hydrogens is 258 g/mol. The second-order valence-corrected chi connectivity index (χ2v) is 6.45. The van der Waals surface area contributed by atoms with Gasteiger partial charge in [-0.1, -0.05) is 31.5 Å². The maximum atomic E-state index is 12.3. The molecule has 19 heavy (non-hydrogen) atoms. The second-order valence-electron chi connectivity index (χ2n) is 6.01. The van der Waals surface area contributed by atoms with E-state index in [0.717, 1.165) is 18.4 Å². The smallest absolute Gasteiger partial charge is 0.228 e. The van der Waals surface area contributed by atoms with Crippen molar-refractivity contribution in [3.8, 4) is 0 Å². The fourth-order valence-corrected chi connectivity index (χ4v) is 3.54. The molecule has 2 rings (SSSR count). The Kier molecular flexibility index (Phi) is 3.91. The minimum atomic E-state index is -0.295. The van der Waals surface area contributed by atoms with Crippen LogP contribution in [0.4, 0.5) is 0 Å². The number of hydrogen-bond donors (Lipinski definition) is 1. The van der Waals surface area contributed by atoms with Gasteiger partial charge in [0.25, 0.3) is 0 Å². The highest BCUT2D eigenvalue weighted by atomic mass is 35.5. The average Bonchev–Trinajstić information content (AvgIpc) is 2.25. The summed E-state index contributed by atoms with van der Waals surface area (Å²) in [5.74, 6) is 0.450. The van der Waals surface area contributed by atoms with E-state index in [0.29, 0.717) is 11.0 Å². The van der Waals surface area contributed by atoms with Crippen LogP contribution >= 0.6 is 11.6 Å². The van der Waals surface area contributed by atoms with Gasteiger partial charge in [0.1, 0.15) is 0 Å². The molecule has 104 valence electrons. The van der Waals surface area contributed by atoms with E-state index in [2.05, 4.69) is 32.2 Å². The van der Waals surface area contributed by atoms with Crippen molar-refractivity contribution >= 4 is 17.5 Å². The molecule has 0 aromatic rings. The molecule has 2 nitrogen and oxygen atoms in total. The summed E-state index contributed by atoms with van der Waals surface area (Å²) in [7, 11) is 0. The second kappa shape index (κ2) is 5.16. The largest absolute Gasteiger partial charge is 0.347 e. The highest BCUT2D eigenvalue weighted by Crippen LogP contribution is 2.39. The zero-order valence-corrected chi connectivity index (χ0v) is 12.8. The standard InChI is InChI=1S/C16H22ClNO/c1-5-12-13-9-11(17)8-6-7-10(2)14(13)16(3,4)18-15(12)19/h6,8-10,12H,5,7H2,1-4H3,(H,18,19)/b8-6+,11-9+. The zero-order chi connectivity index (χ0) is 14.2. The molecular formula is C16H22ClNO. The van der Waals surface area contributed by atoms with Gasteiger partial charge < -0.3 is 5.32 Å². The van der Waals surface area contributed by atoms with Gasteiger partial charge in [0.15, 0.2) is 0 Å². The number of hydrogen-bond acceptors (Lipinski definition) is 1. The van der Waals surface area contributed by atoms with Gasteiger partial charge in [0, 0.05) is 5.03 Å². The van der Waals surface area contributed by atoms with Crippen LogP contribution in [0.25, 0.3) is 0 Å². The lowest BCUT2D eigenvalue weighted by Gasteiger charge is -2.42. The topological polar surface area (TPSA) is 29.1 Å². The maximum absolute atomic E-state index is 12.3. The Morgan fingerprint density at radius 2 is 2.16 bits per heavy atom. The predicted molar refractivity (Wildman–Crippen MR) is 79.9 cm³/mol. The summed E-state index contributed by atoms with van der Waals surface area (Å²) < 4.78 is 0. The maximum Gasteiger partial charge on any atom is 0.228 e. The van der Waals surface area contributed by atoms with Crippen molar-refractivity contribution in [2.24, 2.45) is 11.8 Å². The Hall–Kier alpha value is -1.02. The number of nitrogens with one attached hydrogen (secondary N) is 1. The quantitative estimate of drug-likeness (QED) is 0.774. The van der Waals surface area contributed by atoms with Gasteiger partial charge in [-0.15, -0.1) is 0 Å². The van der Waals surface area contributed by atoms with Gasteiger partial charge in [-0.3, -0.25) is 4.79 Å². The number of allylic oxidation sites excluding steroid dienone is 4. The van der Waals surface area contributed by atoms with Crippen LogP contribution in [-0.4, -0.2) is 11.4 Å². The molecule has 0 bridgehead atoms. The van der Waals surface area contributed by atoms with Crippen molar-refractivity contribution in [3.05, 3.63) is 34.4 Å². The molecule has 1 amide bonds. The Morgan fingerprint density at radius 1 is 1.47 bits per heavy atom. The van der Waals surface area contributed by atoms with E-state index in [4.69, 9.17) is 11.6 Å². The summed E-state index contributed by atoms with van der Waals surface area (Å²) in [6.45, 7) is 8.43. The molecule has 0 aromatic heterocycles. The van der Waals surface area contributed by atoms with E-state index in [9.17, 15) is 4.79 Å². The SMILES string of the molecule is CCC1C(=O)NC(C)(C)C2=C1/C=C(Cl)\C=C\CC2C. The molecule has 2 aliphatic rings. The van der Waals surface area contributed by atoms with Gasteiger partial charge in [-0.25, -0.2) is 0 Å². The molecule has 0 saturated heterocycles. The first-order chi connectivity index (χ1) is 8.86. The number of rotatable bonds is 1. The minimum absolute atomic E-state index is 0.0780. The van der Waals surface area contributed by atoms with Crippen LogP contribution in [0.15, 0.2) is 34.4 Å². The molecule has 2 atom stereocenters. The summed E-state index contributed by atoms with van der Waals surface area (Å²) in [6, 6.07) is 0. The summed E-state index contributed by atoms with van der Waals surface area (Å²) in [5.41, 5.74) is 2.15.